The number of ether oxygens (including phenoxy) is 2. The van der Waals surface area contributed by atoms with Crippen LogP contribution < -0.4 is 10.1 Å². The number of para-hydroxylation sites is 1. The van der Waals surface area contributed by atoms with Gasteiger partial charge in [0.25, 0.3) is 0 Å². The van der Waals surface area contributed by atoms with Gasteiger partial charge in [0.05, 0.1) is 29.4 Å². The number of hydrogen-bond donors (Lipinski definition) is 3. The molecular weight excluding hydrogens is 577 g/mol. The number of benzene rings is 1. The topological polar surface area (TPSA) is 112 Å². The van der Waals surface area contributed by atoms with Gasteiger partial charge in [-0.1, -0.05) is 25.1 Å². The summed E-state index contributed by atoms with van der Waals surface area (Å²) in [4.78, 5) is 30.0. The molecule has 1 aromatic rings. The van der Waals surface area contributed by atoms with Crippen LogP contribution in [0.25, 0.3) is 0 Å². The van der Waals surface area contributed by atoms with Crippen LogP contribution in [0.4, 0.5) is 0 Å². The van der Waals surface area contributed by atoms with Crippen LogP contribution in [0.2, 0.25) is 0 Å². The highest BCUT2D eigenvalue weighted by Gasteiger charge is 2.40. The first kappa shape index (κ1) is 28.6. The van der Waals surface area contributed by atoms with E-state index in [-0.39, 0.29) is 31.4 Å². The Morgan fingerprint density at radius 1 is 1.31 bits per heavy atom. The Kier molecular flexibility index (Phi) is 11.6. The average Bonchev–Trinajstić information content (AvgIpc) is 2.89. The lowest BCUT2D eigenvalue weighted by Gasteiger charge is -2.41. The number of hydrogen-bond acceptors (Lipinski definition) is 7. The Bertz CT molecular complexity index is 934. The Morgan fingerprint density at radius 2 is 2.06 bits per heavy atom. The highest BCUT2D eigenvalue weighted by Crippen LogP contribution is 2.29. The summed E-state index contributed by atoms with van der Waals surface area (Å²) in [5.74, 6) is 0.0347. The second kappa shape index (κ2) is 14.7. The average molecular weight is 613 g/mol. The molecule has 2 aliphatic rings. The number of halogens is 1. The monoisotopic (exact) mass is 613 g/mol. The molecule has 198 valence electrons. The number of nitrogens with zero attached hydrogens (tertiary/aromatic N) is 2. The molecule has 10 heteroatoms. The first-order valence-corrected chi connectivity index (χ1v) is 13.5. The van der Waals surface area contributed by atoms with Crippen molar-refractivity contribution in [3.8, 4) is 5.75 Å². The third kappa shape index (κ3) is 8.01. The Balaban J connectivity index is 1.88. The summed E-state index contributed by atoms with van der Waals surface area (Å²) >= 11 is 2.16. The van der Waals surface area contributed by atoms with Crippen molar-refractivity contribution in [3.63, 3.8) is 0 Å². The lowest BCUT2D eigenvalue weighted by atomic mass is 9.88. The van der Waals surface area contributed by atoms with Gasteiger partial charge in [0.2, 0.25) is 11.8 Å². The summed E-state index contributed by atoms with van der Waals surface area (Å²) < 4.78 is 12.5. The Morgan fingerprint density at radius 3 is 2.75 bits per heavy atom. The van der Waals surface area contributed by atoms with Gasteiger partial charge in [0.15, 0.2) is 0 Å². The van der Waals surface area contributed by atoms with Crippen LogP contribution in [0.3, 0.4) is 0 Å². The molecule has 36 heavy (non-hydrogen) atoms. The number of allylic oxidation sites excluding steroid dienone is 1. The van der Waals surface area contributed by atoms with Crippen molar-refractivity contribution in [2.75, 3.05) is 52.5 Å². The first-order chi connectivity index (χ1) is 17.4. The minimum atomic E-state index is -1.04. The van der Waals surface area contributed by atoms with E-state index in [1.165, 1.54) is 6.08 Å². The summed E-state index contributed by atoms with van der Waals surface area (Å²) in [6, 6.07) is 6.78. The number of carbonyl (C=O) groups excluding carboxylic acids is 2. The summed E-state index contributed by atoms with van der Waals surface area (Å²) in [6.45, 7) is 5.79. The molecule has 0 bridgehead atoms. The summed E-state index contributed by atoms with van der Waals surface area (Å²) in [5, 5.41) is 23.3. The highest BCUT2D eigenvalue weighted by atomic mass is 127. The van der Waals surface area contributed by atoms with Gasteiger partial charge in [-0.25, -0.2) is 0 Å². The van der Waals surface area contributed by atoms with Crippen molar-refractivity contribution in [2.45, 2.75) is 38.0 Å². The molecule has 1 aromatic carbocycles. The van der Waals surface area contributed by atoms with E-state index in [2.05, 4.69) is 32.8 Å². The molecule has 0 aromatic heterocycles. The van der Waals surface area contributed by atoms with Crippen molar-refractivity contribution in [3.05, 3.63) is 51.6 Å². The van der Waals surface area contributed by atoms with Gasteiger partial charge in [-0.15, -0.1) is 0 Å². The second-order valence-corrected chi connectivity index (χ2v) is 9.90. The third-order valence-corrected chi connectivity index (χ3v) is 7.15. The fourth-order valence-corrected chi connectivity index (χ4v) is 4.81. The molecule has 1 fully saturated rings. The van der Waals surface area contributed by atoms with Crippen LogP contribution in [0, 0.1) is 3.57 Å². The summed E-state index contributed by atoms with van der Waals surface area (Å²) in [7, 11) is 0. The zero-order chi connectivity index (χ0) is 25.9. The van der Waals surface area contributed by atoms with Gasteiger partial charge in [-0.2, -0.15) is 0 Å². The van der Waals surface area contributed by atoms with Crippen molar-refractivity contribution < 1.29 is 29.3 Å². The van der Waals surface area contributed by atoms with E-state index in [0.717, 1.165) is 16.7 Å². The fraction of sp³-hybridized carbons (Fsp3) is 0.538. The number of rotatable bonds is 11. The second-order valence-electron chi connectivity index (χ2n) is 8.74. The predicted octanol–water partition coefficient (Wildman–Crippen LogP) is 1.33. The van der Waals surface area contributed by atoms with Gasteiger partial charge >= 0.3 is 0 Å². The van der Waals surface area contributed by atoms with E-state index in [1.807, 2.05) is 31.2 Å². The van der Waals surface area contributed by atoms with Crippen LogP contribution in [-0.2, 0) is 14.3 Å². The van der Waals surface area contributed by atoms with Crippen LogP contribution in [-0.4, -0.2) is 103 Å². The van der Waals surface area contributed by atoms with Crippen LogP contribution in [0.15, 0.2) is 48.1 Å². The number of morpholine rings is 1. The molecule has 3 atom stereocenters. The first-order valence-electron chi connectivity index (χ1n) is 12.4. The SMILES string of the molecule is CCC=CC(=O)N(CCN1CCOCC1)[C@@H]1CC(C(=O)NCCO)=C[C@H](Oc2ccccc2I)[C@H]1O. The standard InChI is InChI=1S/C26H36IN3O6/c1-2-3-8-24(32)30(11-10-29-12-15-35-16-13-29)21-17-19(26(34)28-9-14-31)18-23(25(21)33)36-22-7-5-4-6-20(22)27/h3-8,18,21,23,25,31,33H,2,9-17H2,1H3,(H,28,34)/t21-,23+,25+/m1/s1. The zero-order valence-electron chi connectivity index (χ0n) is 20.6. The molecule has 0 unspecified atom stereocenters. The molecular formula is C26H36IN3O6. The van der Waals surface area contributed by atoms with E-state index in [1.54, 1.807) is 17.1 Å². The smallest absolute Gasteiger partial charge is 0.247 e. The highest BCUT2D eigenvalue weighted by molar-refractivity contribution is 14.1. The molecule has 3 N–H and O–H groups in total. The Labute approximate surface area is 226 Å². The fourth-order valence-electron chi connectivity index (χ4n) is 4.29. The van der Waals surface area contributed by atoms with Gasteiger partial charge in [0, 0.05) is 44.7 Å². The number of amides is 2. The maximum absolute atomic E-state index is 13.3. The molecule has 0 spiro atoms. The maximum Gasteiger partial charge on any atom is 0.247 e. The maximum atomic E-state index is 13.3. The number of aliphatic hydroxyl groups excluding tert-OH is 2. The van der Waals surface area contributed by atoms with E-state index in [4.69, 9.17) is 14.6 Å². The molecule has 1 saturated heterocycles. The minimum Gasteiger partial charge on any atom is -0.482 e. The number of nitrogens with one attached hydrogen (secondary N) is 1. The van der Waals surface area contributed by atoms with E-state index in [9.17, 15) is 14.7 Å². The van der Waals surface area contributed by atoms with E-state index >= 15 is 0 Å². The predicted molar refractivity (Wildman–Crippen MR) is 145 cm³/mol. The molecule has 1 heterocycles. The normalized spacial score (nSPS) is 22.8. The van der Waals surface area contributed by atoms with E-state index in [0.29, 0.717) is 44.0 Å². The minimum absolute atomic E-state index is 0.115. The largest absolute Gasteiger partial charge is 0.482 e. The molecule has 1 aliphatic heterocycles. The molecule has 3 rings (SSSR count). The van der Waals surface area contributed by atoms with Crippen LogP contribution in [0.5, 0.6) is 5.75 Å². The zero-order valence-corrected chi connectivity index (χ0v) is 22.8. The van der Waals surface area contributed by atoms with Crippen molar-refractivity contribution in [2.24, 2.45) is 0 Å². The summed E-state index contributed by atoms with van der Waals surface area (Å²) in [6.07, 6.45) is 3.98. The lowest BCUT2D eigenvalue weighted by molar-refractivity contribution is -0.134. The van der Waals surface area contributed by atoms with Gasteiger partial charge in [-0.05, 0) is 53.3 Å². The molecule has 0 saturated carbocycles. The molecule has 0 radical (unpaired) electrons. The van der Waals surface area contributed by atoms with E-state index < -0.39 is 18.2 Å². The molecule has 1 aliphatic carbocycles. The van der Waals surface area contributed by atoms with Crippen molar-refractivity contribution in [1.29, 1.82) is 0 Å². The van der Waals surface area contributed by atoms with Crippen LogP contribution in [0.1, 0.15) is 19.8 Å². The number of carbonyl (C=O) groups is 2. The van der Waals surface area contributed by atoms with Gasteiger partial charge in [-0.3, -0.25) is 14.5 Å². The molecule has 9 nitrogen and oxygen atoms in total. The van der Waals surface area contributed by atoms with Gasteiger partial charge < -0.3 is 29.9 Å². The lowest BCUT2D eigenvalue weighted by Crippen LogP contribution is -2.56. The third-order valence-electron chi connectivity index (χ3n) is 6.25. The van der Waals surface area contributed by atoms with Crippen LogP contribution >= 0.6 is 22.6 Å². The van der Waals surface area contributed by atoms with Gasteiger partial charge in [0.1, 0.15) is 18.0 Å². The quantitative estimate of drug-likeness (QED) is 0.255. The molecule has 2 amide bonds. The van der Waals surface area contributed by atoms with Crippen molar-refractivity contribution in [1.82, 2.24) is 15.1 Å². The number of aliphatic hydroxyl groups is 2. The summed E-state index contributed by atoms with van der Waals surface area (Å²) in [5.41, 5.74) is 0.415. The van der Waals surface area contributed by atoms with Crippen molar-refractivity contribution >= 4 is 34.4 Å². The Hall–Kier alpha value is -1.99.